The van der Waals surface area contributed by atoms with E-state index in [1.807, 2.05) is 72.8 Å². The Morgan fingerprint density at radius 2 is 1.42 bits per heavy atom. The van der Waals surface area contributed by atoms with E-state index >= 15 is 0 Å². The zero-order chi connectivity index (χ0) is 21.5. The van der Waals surface area contributed by atoms with E-state index in [1.165, 1.54) is 0 Å². The fraction of sp³-hybridized carbons (Fsp3) is 0.231. The van der Waals surface area contributed by atoms with Crippen molar-refractivity contribution < 1.29 is 13.5 Å². The second-order valence-corrected chi connectivity index (χ2v) is 10.5. The van der Waals surface area contributed by atoms with Gasteiger partial charge in [0.15, 0.2) is 9.84 Å². The summed E-state index contributed by atoms with van der Waals surface area (Å²) in [7, 11) is -3.59. The monoisotopic (exact) mass is 431 g/mol. The minimum absolute atomic E-state index is 0.325. The fourth-order valence-electron chi connectivity index (χ4n) is 5.19. The first-order chi connectivity index (χ1) is 15.0. The van der Waals surface area contributed by atoms with Gasteiger partial charge in [0.2, 0.25) is 0 Å². The third kappa shape index (κ3) is 3.24. The van der Waals surface area contributed by atoms with Gasteiger partial charge in [-0.1, -0.05) is 91.0 Å². The number of aliphatic hydroxyl groups excluding tert-OH is 1. The number of fused-ring (bicyclic) bond motifs is 2. The van der Waals surface area contributed by atoms with Crippen molar-refractivity contribution in [3.63, 3.8) is 0 Å². The van der Waals surface area contributed by atoms with Crippen molar-refractivity contribution in [2.45, 2.75) is 40.8 Å². The van der Waals surface area contributed by atoms with E-state index in [2.05, 4.69) is 4.90 Å². The van der Waals surface area contributed by atoms with Gasteiger partial charge in [-0.15, -0.1) is 0 Å². The van der Waals surface area contributed by atoms with Crippen LogP contribution in [0.4, 0.5) is 0 Å². The van der Waals surface area contributed by atoms with Gasteiger partial charge in [0, 0.05) is 12.6 Å². The molecule has 1 N–H and O–H groups in total. The Balaban J connectivity index is 1.66. The highest BCUT2D eigenvalue weighted by Crippen LogP contribution is 2.51. The van der Waals surface area contributed by atoms with Gasteiger partial charge >= 0.3 is 0 Å². The number of hydrogen-bond acceptors (Lipinski definition) is 4. The fourth-order valence-corrected chi connectivity index (χ4v) is 7.16. The van der Waals surface area contributed by atoms with Gasteiger partial charge in [-0.25, -0.2) is 8.42 Å². The smallest absolute Gasteiger partial charge is 0.183 e. The third-order valence-electron chi connectivity index (χ3n) is 6.69. The molecule has 1 saturated heterocycles. The highest BCUT2D eigenvalue weighted by Gasteiger charge is 2.60. The van der Waals surface area contributed by atoms with Crippen molar-refractivity contribution in [3.05, 3.63) is 114 Å². The summed E-state index contributed by atoms with van der Waals surface area (Å²) in [5.41, 5.74) is 1.23. The number of hydrogen-bond donors (Lipinski definition) is 1. The Labute approximate surface area is 183 Å². The minimum Gasteiger partial charge on any atom is -0.387 e. The lowest BCUT2D eigenvalue weighted by Crippen LogP contribution is -2.53. The number of sulfone groups is 1. The van der Waals surface area contributed by atoms with Crippen LogP contribution in [0.1, 0.15) is 17.5 Å². The predicted octanol–water partition coefficient (Wildman–Crippen LogP) is 3.93. The van der Waals surface area contributed by atoms with Crippen LogP contribution in [0.2, 0.25) is 0 Å². The molecule has 0 amide bonds. The highest BCUT2D eigenvalue weighted by atomic mass is 32.2. The lowest BCUT2D eigenvalue weighted by atomic mass is 9.81. The molecule has 2 heterocycles. The maximum absolute atomic E-state index is 13.7. The Morgan fingerprint density at radius 1 is 0.839 bits per heavy atom. The van der Waals surface area contributed by atoms with Gasteiger partial charge in [0.25, 0.3) is 0 Å². The van der Waals surface area contributed by atoms with Gasteiger partial charge in [-0.2, -0.15) is 0 Å². The molecule has 0 spiro atoms. The molecular formula is C26H25NO3S. The Hall–Kier alpha value is -2.73. The largest absolute Gasteiger partial charge is 0.387 e. The van der Waals surface area contributed by atoms with E-state index in [0.29, 0.717) is 17.9 Å². The van der Waals surface area contributed by atoms with E-state index < -0.39 is 26.7 Å². The van der Waals surface area contributed by atoms with Gasteiger partial charge in [0.1, 0.15) is 0 Å². The third-order valence-corrected chi connectivity index (χ3v) is 8.86. The van der Waals surface area contributed by atoms with Crippen LogP contribution in [-0.4, -0.2) is 35.8 Å². The molecule has 2 aliphatic rings. The van der Waals surface area contributed by atoms with Gasteiger partial charge in [-0.05, 0) is 29.7 Å². The first-order valence-corrected chi connectivity index (χ1v) is 12.1. The normalized spacial score (nSPS) is 28.0. The molecule has 0 radical (unpaired) electrons. The predicted molar refractivity (Wildman–Crippen MR) is 121 cm³/mol. The van der Waals surface area contributed by atoms with Crippen LogP contribution in [0.15, 0.2) is 108 Å². The van der Waals surface area contributed by atoms with Crippen molar-refractivity contribution in [1.82, 2.24) is 4.90 Å². The first-order valence-electron chi connectivity index (χ1n) is 10.5. The summed E-state index contributed by atoms with van der Waals surface area (Å²) in [4.78, 5) is 2.52. The zero-order valence-corrected chi connectivity index (χ0v) is 17.9. The number of nitrogens with zero attached hydrogens (tertiary/aromatic N) is 1. The number of rotatable bonds is 5. The molecule has 2 aliphatic heterocycles. The Kier molecular flexibility index (Phi) is 5.05. The SMILES string of the molecule is O=S(=O)(c1ccccc1)[C@@H]1C[C@@]2(c3ccccc3)[C@@H](O)C=C[C@@H]1N2Cc1ccccc1. The molecule has 2 bridgehead atoms. The molecule has 0 aromatic heterocycles. The molecule has 4 atom stereocenters. The maximum atomic E-state index is 13.7. The average molecular weight is 432 g/mol. The number of aliphatic hydroxyl groups is 1. The summed E-state index contributed by atoms with van der Waals surface area (Å²) in [6.07, 6.45) is 3.19. The molecule has 0 unspecified atom stereocenters. The highest BCUT2D eigenvalue weighted by molar-refractivity contribution is 7.92. The molecule has 4 nitrogen and oxygen atoms in total. The summed E-state index contributed by atoms with van der Waals surface area (Å²) in [5, 5.41) is 10.6. The molecule has 158 valence electrons. The van der Waals surface area contributed by atoms with Crippen LogP contribution in [-0.2, 0) is 21.9 Å². The van der Waals surface area contributed by atoms with Crippen LogP contribution in [0.3, 0.4) is 0 Å². The van der Waals surface area contributed by atoms with E-state index in [1.54, 1.807) is 30.3 Å². The maximum Gasteiger partial charge on any atom is 0.183 e. The molecule has 3 aromatic carbocycles. The van der Waals surface area contributed by atoms with Gasteiger partial charge in [-0.3, -0.25) is 4.90 Å². The molecule has 31 heavy (non-hydrogen) atoms. The van der Waals surface area contributed by atoms with E-state index in [9.17, 15) is 13.5 Å². The standard InChI is InChI=1S/C26H25NO3S/c28-25-17-16-23-24(31(29,30)22-14-8-3-9-15-22)18-26(25,21-12-6-2-7-13-21)27(23)19-20-10-4-1-5-11-20/h1-17,23-25,28H,18-19H2/t23-,24+,25-,26+/m0/s1. The van der Waals surface area contributed by atoms with Crippen LogP contribution in [0, 0.1) is 0 Å². The van der Waals surface area contributed by atoms with Crippen molar-refractivity contribution in [2.75, 3.05) is 0 Å². The summed E-state index contributed by atoms with van der Waals surface area (Å²) < 4.78 is 27.4. The van der Waals surface area contributed by atoms with Crippen molar-refractivity contribution in [3.8, 4) is 0 Å². The summed E-state index contributed by atoms with van der Waals surface area (Å²) in [6, 6.07) is 28.2. The van der Waals surface area contributed by atoms with Gasteiger partial charge < -0.3 is 5.11 Å². The second-order valence-electron chi connectivity index (χ2n) is 8.32. The van der Waals surface area contributed by atoms with Crippen LogP contribution >= 0.6 is 0 Å². The molecular weight excluding hydrogens is 406 g/mol. The lowest BCUT2D eigenvalue weighted by molar-refractivity contribution is -0.00906. The van der Waals surface area contributed by atoms with Crippen molar-refractivity contribution in [2.24, 2.45) is 0 Å². The second kappa shape index (κ2) is 7.75. The summed E-state index contributed by atoms with van der Waals surface area (Å²) in [6.45, 7) is 0.558. The Bertz CT molecular complexity index is 1180. The minimum atomic E-state index is -3.59. The van der Waals surface area contributed by atoms with Crippen LogP contribution < -0.4 is 0 Å². The molecule has 0 aliphatic carbocycles. The zero-order valence-electron chi connectivity index (χ0n) is 17.1. The summed E-state index contributed by atoms with van der Waals surface area (Å²) >= 11 is 0. The molecule has 1 fully saturated rings. The summed E-state index contributed by atoms with van der Waals surface area (Å²) in [5.74, 6) is 0. The topological polar surface area (TPSA) is 57.6 Å². The Morgan fingerprint density at radius 3 is 2.06 bits per heavy atom. The molecule has 3 aromatic rings. The quantitative estimate of drug-likeness (QED) is 0.622. The molecule has 5 rings (SSSR count). The van der Waals surface area contributed by atoms with Crippen LogP contribution in [0.25, 0.3) is 0 Å². The lowest BCUT2D eigenvalue weighted by Gasteiger charge is -2.45. The first kappa shape index (κ1) is 20.2. The van der Waals surface area contributed by atoms with Gasteiger partial charge in [0.05, 0.1) is 21.8 Å². The van der Waals surface area contributed by atoms with E-state index in [4.69, 9.17) is 0 Å². The van der Waals surface area contributed by atoms with Crippen molar-refractivity contribution in [1.29, 1.82) is 0 Å². The van der Waals surface area contributed by atoms with E-state index in [0.717, 1.165) is 11.1 Å². The average Bonchev–Trinajstić information content (AvgIpc) is 3.05. The van der Waals surface area contributed by atoms with E-state index in [-0.39, 0.29) is 6.04 Å². The van der Waals surface area contributed by atoms with Crippen LogP contribution in [0.5, 0.6) is 0 Å². The molecule has 0 saturated carbocycles. The molecule has 5 heteroatoms. The van der Waals surface area contributed by atoms with Crippen molar-refractivity contribution >= 4 is 9.84 Å². The number of benzene rings is 3.